The number of likely N-dealkylation sites (tertiary alicyclic amines) is 1. The van der Waals surface area contributed by atoms with Crippen LogP contribution in [-0.2, 0) is 0 Å². The van der Waals surface area contributed by atoms with E-state index >= 15 is 0 Å². The van der Waals surface area contributed by atoms with Crippen LogP contribution in [0.3, 0.4) is 0 Å². The lowest BCUT2D eigenvalue weighted by atomic mass is 10.1. The third-order valence-electron chi connectivity index (χ3n) is 4.60. The molecular weight excluding hydrogens is 292 g/mol. The number of carbonyl (C=O) groups is 1. The Kier molecular flexibility index (Phi) is 3.46. The van der Waals surface area contributed by atoms with Crippen molar-refractivity contribution in [1.82, 2.24) is 19.9 Å². The van der Waals surface area contributed by atoms with Crippen LogP contribution in [-0.4, -0.2) is 50.6 Å². The zero-order chi connectivity index (χ0) is 15.8. The number of aromatic nitrogens is 3. The number of carboxylic acid groups (broad SMARTS) is 1. The fourth-order valence-corrected chi connectivity index (χ4v) is 3.43. The van der Waals surface area contributed by atoms with Crippen molar-refractivity contribution in [1.29, 1.82) is 0 Å². The first kappa shape index (κ1) is 14.1. The predicted octanol–water partition coefficient (Wildman–Crippen LogP) is 2.17. The maximum absolute atomic E-state index is 11.5. The van der Waals surface area contributed by atoms with Gasteiger partial charge in [0.25, 0.3) is 0 Å². The zero-order valence-electron chi connectivity index (χ0n) is 12.9. The Morgan fingerprint density at radius 1 is 1.26 bits per heavy atom. The zero-order valence-corrected chi connectivity index (χ0v) is 12.9. The van der Waals surface area contributed by atoms with Gasteiger partial charge in [-0.1, -0.05) is 6.42 Å². The average Bonchev–Trinajstić information content (AvgIpc) is 2.95. The van der Waals surface area contributed by atoms with Crippen LogP contribution in [0.4, 0.5) is 0 Å². The molecule has 1 aromatic rings. The number of piperidine rings is 1. The van der Waals surface area contributed by atoms with Crippen molar-refractivity contribution in [3.8, 4) is 11.3 Å². The molecule has 1 aliphatic carbocycles. The average molecular weight is 312 g/mol. The van der Waals surface area contributed by atoms with Crippen LogP contribution in [0.2, 0.25) is 0 Å². The Bertz CT molecular complexity index is 880. The van der Waals surface area contributed by atoms with E-state index in [1.165, 1.54) is 19.3 Å². The van der Waals surface area contributed by atoms with E-state index < -0.39 is 5.97 Å². The quantitative estimate of drug-likeness (QED) is 0.598. The second-order valence-corrected chi connectivity index (χ2v) is 6.15. The maximum Gasteiger partial charge on any atom is 0.337 e. The normalized spacial score (nSPS) is 17.3. The molecule has 0 spiro atoms. The molecule has 0 radical (unpaired) electrons. The van der Waals surface area contributed by atoms with E-state index in [1.54, 1.807) is 6.07 Å². The summed E-state index contributed by atoms with van der Waals surface area (Å²) in [6.07, 6.45) is 7.77. The number of H-pyrrole nitrogens is 3. The van der Waals surface area contributed by atoms with Gasteiger partial charge in [0.2, 0.25) is 0 Å². The molecule has 3 aliphatic rings. The molecule has 1 saturated heterocycles. The van der Waals surface area contributed by atoms with Crippen LogP contribution in [0.1, 0.15) is 29.6 Å². The third-order valence-corrected chi connectivity index (χ3v) is 4.60. The summed E-state index contributed by atoms with van der Waals surface area (Å²) in [5, 5.41) is 9.43. The molecule has 2 aliphatic heterocycles. The van der Waals surface area contributed by atoms with E-state index in [0.717, 1.165) is 41.9 Å². The van der Waals surface area contributed by atoms with Gasteiger partial charge in [-0.3, -0.25) is 4.90 Å². The highest BCUT2D eigenvalue weighted by atomic mass is 16.4. The largest absolute Gasteiger partial charge is 0.478 e. The summed E-state index contributed by atoms with van der Waals surface area (Å²) in [6.45, 7) is 3.14. The lowest BCUT2D eigenvalue weighted by molar-refractivity contribution is 0.0699. The minimum absolute atomic E-state index is 0.300. The van der Waals surface area contributed by atoms with E-state index in [-0.39, 0.29) is 0 Å². The molecule has 0 unspecified atom stereocenters. The number of carboxylic acids is 1. The molecular formula is C17H20N4O2. The second-order valence-electron chi connectivity index (χ2n) is 6.15. The summed E-state index contributed by atoms with van der Waals surface area (Å²) in [5.41, 5.74) is 4.48. The number of hydrogen-bond donors (Lipinski definition) is 4. The summed E-state index contributed by atoms with van der Waals surface area (Å²) >= 11 is 0. The molecule has 0 saturated carbocycles. The number of aromatic amines is 3. The van der Waals surface area contributed by atoms with E-state index in [0.29, 0.717) is 11.1 Å². The van der Waals surface area contributed by atoms with Gasteiger partial charge in [-0.2, -0.15) is 0 Å². The first-order valence-electron chi connectivity index (χ1n) is 8.06. The Morgan fingerprint density at radius 3 is 2.87 bits per heavy atom. The summed E-state index contributed by atoms with van der Waals surface area (Å²) in [4.78, 5) is 23.6. The van der Waals surface area contributed by atoms with Crippen molar-refractivity contribution in [3.05, 3.63) is 29.4 Å². The topological polar surface area (TPSA) is 87.9 Å². The Hall–Kier alpha value is -2.47. The van der Waals surface area contributed by atoms with Gasteiger partial charge in [0.15, 0.2) is 0 Å². The lowest BCUT2D eigenvalue weighted by Crippen LogP contribution is -2.31. The van der Waals surface area contributed by atoms with E-state index in [4.69, 9.17) is 0 Å². The van der Waals surface area contributed by atoms with Crippen LogP contribution in [0.5, 0.6) is 0 Å². The van der Waals surface area contributed by atoms with Crippen LogP contribution in [0.15, 0.2) is 18.3 Å². The molecule has 6 nitrogen and oxygen atoms in total. The first-order valence-corrected chi connectivity index (χ1v) is 8.06. The molecule has 1 fully saturated rings. The molecule has 3 heterocycles. The smallest absolute Gasteiger partial charge is 0.337 e. The van der Waals surface area contributed by atoms with E-state index in [2.05, 4.69) is 25.9 Å². The highest BCUT2D eigenvalue weighted by Gasteiger charge is 2.20. The molecule has 0 aromatic carbocycles. The minimum atomic E-state index is -0.916. The third kappa shape index (κ3) is 2.55. The molecule has 4 rings (SSSR count). The van der Waals surface area contributed by atoms with Crippen LogP contribution >= 0.6 is 0 Å². The van der Waals surface area contributed by atoms with Crippen molar-refractivity contribution in [2.24, 2.45) is 0 Å². The summed E-state index contributed by atoms with van der Waals surface area (Å²) < 4.78 is 0. The second kappa shape index (κ2) is 5.62. The van der Waals surface area contributed by atoms with Crippen molar-refractivity contribution < 1.29 is 9.90 Å². The van der Waals surface area contributed by atoms with E-state index in [9.17, 15) is 9.90 Å². The van der Waals surface area contributed by atoms with Gasteiger partial charge in [0.1, 0.15) is 5.48 Å². The van der Waals surface area contributed by atoms with Crippen LogP contribution < -0.4 is 5.48 Å². The lowest BCUT2D eigenvalue weighted by Gasteiger charge is -2.24. The summed E-state index contributed by atoms with van der Waals surface area (Å²) in [7, 11) is 0. The first-order chi connectivity index (χ1) is 11.2. The monoisotopic (exact) mass is 312 g/mol. The maximum atomic E-state index is 11.5. The van der Waals surface area contributed by atoms with E-state index in [1.807, 2.05) is 12.3 Å². The highest BCUT2D eigenvalue weighted by molar-refractivity contribution is 6.07. The molecule has 4 N–H and O–H groups in total. The molecule has 0 amide bonds. The van der Waals surface area contributed by atoms with Gasteiger partial charge in [0.05, 0.1) is 22.3 Å². The van der Waals surface area contributed by atoms with Crippen LogP contribution in [0.25, 0.3) is 28.4 Å². The van der Waals surface area contributed by atoms with Gasteiger partial charge < -0.3 is 20.1 Å². The number of nitrogens with one attached hydrogen (secondary N) is 3. The molecule has 0 atom stereocenters. The number of hydrogen-bond acceptors (Lipinski definition) is 2. The van der Waals surface area contributed by atoms with Crippen molar-refractivity contribution in [2.45, 2.75) is 19.3 Å². The molecule has 23 heavy (non-hydrogen) atoms. The van der Waals surface area contributed by atoms with Crippen molar-refractivity contribution in [2.75, 3.05) is 19.6 Å². The molecule has 6 heteroatoms. The summed E-state index contributed by atoms with van der Waals surface area (Å²) in [6, 6.07) is 3.62. The Balaban J connectivity index is 1.79. The number of pyridine rings is 1. The van der Waals surface area contributed by atoms with Gasteiger partial charge >= 0.3 is 5.97 Å². The van der Waals surface area contributed by atoms with Gasteiger partial charge in [-0.25, -0.2) is 4.79 Å². The van der Waals surface area contributed by atoms with Crippen molar-refractivity contribution >= 4 is 23.1 Å². The molecule has 1 aromatic heterocycles. The number of nitrogens with zero attached hydrogens (tertiary/aromatic N) is 1. The Labute approximate surface area is 133 Å². The van der Waals surface area contributed by atoms with Crippen molar-refractivity contribution in [3.63, 3.8) is 0 Å². The standard InChI is InChI=1S/C17H20N4O2/c22-17(23)11-10-13-15-12(4-6-18-13)19-14(20-16(11)15)5-9-21-7-2-1-3-8-21/h4-6,10,18-20H,1-3,7-9H2,(H,22,23). The molecule has 120 valence electrons. The van der Waals surface area contributed by atoms with Gasteiger partial charge in [0, 0.05) is 18.3 Å². The van der Waals surface area contributed by atoms with Gasteiger partial charge in [-0.15, -0.1) is 0 Å². The SMILES string of the molecule is O=C(O)c1cc2[nH]ccc3[nH]c(=CCN4CCCCC4)[nH]c1c3-2. The highest BCUT2D eigenvalue weighted by Crippen LogP contribution is 2.32. The fraction of sp³-hybridized carbons (Fsp3) is 0.353. The predicted molar refractivity (Wildman–Crippen MR) is 89.4 cm³/mol. The van der Waals surface area contributed by atoms with Gasteiger partial charge in [-0.05, 0) is 44.1 Å². The number of rotatable bonds is 3. The van der Waals surface area contributed by atoms with Crippen LogP contribution in [0, 0.1) is 0 Å². The minimum Gasteiger partial charge on any atom is -0.478 e. The fourth-order valence-electron chi connectivity index (χ4n) is 3.43. The number of aromatic carboxylic acids is 1. The molecule has 0 bridgehead atoms. The Morgan fingerprint density at radius 2 is 2.09 bits per heavy atom. The summed E-state index contributed by atoms with van der Waals surface area (Å²) in [5.74, 6) is -0.916.